The van der Waals surface area contributed by atoms with Crippen LogP contribution in [0, 0.1) is 12.3 Å². The Balaban J connectivity index is 3.08. The Morgan fingerprint density at radius 2 is 0.769 bits per heavy atom. The van der Waals surface area contributed by atoms with Gasteiger partial charge in [0.15, 0.2) is 0 Å². The van der Waals surface area contributed by atoms with Gasteiger partial charge in [-0.2, -0.15) is 0 Å². The minimum atomic E-state index is -0.588. The number of esters is 3. The smallest absolute Gasteiger partial charge is 0.320 e. The first-order valence-electron chi connectivity index (χ1n) is 13.8. The van der Waals surface area contributed by atoms with E-state index in [-0.39, 0.29) is 37.5 Å². The fourth-order valence-electron chi connectivity index (χ4n) is 4.01. The minimum absolute atomic E-state index is 0.112. The van der Waals surface area contributed by atoms with Gasteiger partial charge in [0.25, 0.3) is 0 Å². The topological polar surface area (TPSA) is 91.9 Å². The summed E-state index contributed by atoms with van der Waals surface area (Å²) in [6, 6.07) is 0. The third-order valence-corrected chi connectivity index (χ3v) is 5.56. The summed E-state index contributed by atoms with van der Waals surface area (Å²) in [4.78, 5) is 46.2. The highest BCUT2D eigenvalue weighted by molar-refractivity contribution is 5.73. The summed E-state index contributed by atoms with van der Waals surface area (Å²) in [5.74, 6) is 1.82. The zero-order valence-corrected chi connectivity index (χ0v) is 25.8. The molecule has 0 unspecified atom stereocenters. The highest BCUT2D eigenvalue weighted by atomic mass is 16.6. The number of hydrogen-bond acceptors (Lipinski definition) is 10. The number of ether oxygens (including phenoxy) is 3. The maximum atomic E-state index is 12.7. The Morgan fingerprint density at radius 3 is 0.974 bits per heavy atom. The summed E-state index contributed by atoms with van der Waals surface area (Å²) in [5.41, 5.74) is -1.73. The van der Waals surface area contributed by atoms with Crippen LogP contribution in [-0.4, -0.2) is 133 Å². The van der Waals surface area contributed by atoms with Crippen molar-refractivity contribution in [3.8, 4) is 12.3 Å². The summed E-state index contributed by atoms with van der Waals surface area (Å²) < 4.78 is 16.7. The van der Waals surface area contributed by atoms with Crippen molar-refractivity contribution in [2.45, 2.75) is 79.1 Å². The first kappa shape index (κ1) is 34.8. The van der Waals surface area contributed by atoms with Crippen LogP contribution in [-0.2, 0) is 28.6 Å². The molecule has 1 aliphatic heterocycles. The monoisotopic (exact) mass is 552 g/mol. The van der Waals surface area contributed by atoms with Gasteiger partial charge < -0.3 is 14.2 Å². The van der Waals surface area contributed by atoms with Crippen molar-refractivity contribution in [3.63, 3.8) is 0 Å². The van der Waals surface area contributed by atoms with E-state index < -0.39 is 16.8 Å². The Hall–Kier alpha value is -2.19. The van der Waals surface area contributed by atoms with Gasteiger partial charge in [0, 0.05) is 52.4 Å². The molecule has 10 nitrogen and oxygen atoms in total. The molecule has 0 N–H and O–H groups in total. The molecule has 1 heterocycles. The third-order valence-electron chi connectivity index (χ3n) is 5.56. The first-order valence-corrected chi connectivity index (χ1v) is 13.8. The normalized spacial score (nSPS) is 18.4. The van der Waals surface area contributed by atoms with Crippen LogP contribution in [0.25, 0.3) is 0 Å². The molecule has 0 aromatic rings. The second-order valence-corrected chi connectivity index (χ2v) is 13.1. The molecule has 0 aliphatic carbocycles. The lowest BCUT2D eigenvalue weighted by Gasteiger charge is -2.34. The lowest BCUT2D eigenvalue weighted by Crippen LogP contribution is -2.49. The number of rotatable bonds is 7. The molecule has 0 radical (unpaired) electrons. The Labute approximate surface area is 236 Å². The van der Waals surface area contributed by atoms with Crippen LogP contribution in [0.5, 0.6) is 0 Å². The predicted molar refractivity (Wildman–Crippen MR) is 152 cm³/mol. The van der Waals surface area contributed by atoms with E-state index in [0.717, 1.165) is 0 Å². The van der Waals surface area contributed by atoms with Gasteiger partial charge in [-0.25, -0.2) is 0 Å². The molecule has 0 aromatic heterocycles. The van der Waals surface area contributed by atoms with E-state index in [1.54, 1.807) is 0 Å². The lowest BCUT2D eigenvalue weighted by atomic mass is 10.2. The molecule has 1 fully saturated rings. The van der Waals surface area contributed by atoms with E-state index in [2.05, 4.69) is 10.8 Å². The largest absolute Gasteiger partial charge is 0.459 e. The second-order valence-electron chi connectivity index (χ2n) is 13.1. The van der Waals surface area contributed by atoms with E-state index >= 15 is 0 Å². The Bertz CT molecular complexity index is 789. The molecule has 1 saturated heterocycles. The average molecular weight is 553 g/mol. The number of carbonyl (C=O) groups is 3. The number of nitrogens with zero attached hydrogens (tertiary/aromatic N) is 4. The summed E-state index contributed by atoms with van der Waals surface area (Å²) >= 11 is 0. The lowest BCUT2D eigenvalue weighted by molar-refractivity contribution is -0.158. The fourth-order valence-corrected chi connectivity index (χ4v) is 4.01. The van der Waals surface area contributed by atoms with Crippen LogP contribution in [0.2, 0.25) is 0 Å². The van der Waals surface area contributed by atoms with Crippen LogP contribution in [0.15, 0.2) is 0 Å². The maximum Gasteiger partial charge on any atom is 0.320 e. The van der Waals surface area contributed by atoms with Crippen LogP contribution in [0.1, 0.15) is 62.3 Å². The van der Waals surface area contributed by atoms with Crippen LogP contribution in [0.4, 0.5) is 0 Å². The van der Waals surface area contributed by atoms with Gasteiger partial charge >= 0.3 is 17.9 Å². The fraction of sp³-hybridized carbons (Fsp3) is 0.828. The summed E-state index contributed by atoms with van der Waals surface area (Å²) in [6.07, 6.45) is 5.64. The summed E-state index contributed by atoms with van der Waals surface area (Å²) in [7, 11) is 0. The van der Waals surface area contributed by atoms with Crippen molar-refractivity contribution in [1.29, 1.82) is 0 Å². The predicted octanol–water partition coefficient (Wildman–Crippen LogP) is 1.87. The van der Waals surface area contributed by atoms with Crippen molar-refractivity contribution >= 4 is 17.9 Å². The van der Waals surface area contributed by atoms with Gasteiger partial charge in [-0.05, 0) is 62.3 Å². The molecule has 0 aromatic carbocycles. The van der Waals surface area contributed by atoms with Gasteiger partial charge in [-0.3, -0.25) is 34.0 Å². The van der Waals surface area contributed by atoms with E-state index in [1.807, 2.05) is 77.0 Å². The van der Waals surface area contributed by atoms with Crippen molar-refractivity contribution < 1.29 is 28.6 Å². The molecule has 0 bridgehead atoms. The quantitative estimate of drug-likeness (QED) is 0.265. The second kappa shape index (κ2) is 15.6. The number of terminal acetylenes is 1. The van der Waals surface area contributed by atoms with Crippen molar-refractivity contribution in [1.82, 2.24) is 19.6 Å². The maximum absolute atomic E-state index is 12.7. The molecule has 0 atom stereocenters. The van der Waals surface area contributed by atoms with Gasteiger partial charge in [0.2, 0.25) is 0 Å². The molecule has 39 heavy (non-hydrogen) atoms. The molecule has 0 saturated carbocycles. The molecule has 10 heteroatoms. The molecule has 0 spiro atoms. The summed E-state index contributed by atoms with van der Waals surface area (Å²) in [5, 5.41) is 0. The molecule has 0 amide bonds. The van der Waals surface area contributed by atoms with E-state index in [4.69, 9.17) is 20.6 Å². The molecule has 1 rings (SSSR count). The third kappa shape index (κ3) is 17.9. The van der Waals surface area contributed by atoms with Gasteiger partial charge in [-0.15, -0.1) is 6.42 Å². The summed E-state index contributed by atoms with van der Waals surface area (Å²) in [6.45, 7) is 22.2. The Morgan fingerprint density at radius 1 is 0.538 bits per heavy atom. The highest BCUT2D eigenvalue weighted by Gasteiger charge is 2.25. The SMILES string of the molecule is C#CCN1CCN(CC(=O)OC(C)(C)C)CCN(CC(=O)OC(C)(C)C)CCN(CC(=O)OC(C)(C)C)CC1. The van der Waals surface area contributed by atoms with Crippen molar-refractivity contribution in [3.05, 3.63) is 0 Å². The molecular formula is C29H52N4O6. The number of carbonyl (C=O) groups excluding carboxylic acids is 3. The van der Waals surface area contributed by atoms with Crippen molar-refractivity contribution in [2.75, 3.05) is 78.5 Å². The molecular weight excluding hydrogens is 500 g/mol. The first-order chi connectivity index (χ1) is 17.8. The van der Waals surface area contributed by atoms with Crippen LogP contribution >= 0.6 is 0 Å². The molecule has 224 valence electrons. The van der Waals surface area contributed by atoms with Crippen LogP contribution < -0.4 is 0 Å². The Kier molecular flexibility index (Phi) is 13.9. The van der Waals surface area contributed by atoms with E-state index in [9.17, 15) is 14.4 Å². The number of hydrogen-bond donors (Lipinski definition) is 0. The van der Waals surface area contributed by atoms with Gasteiger partial charge in [0.1, 0.15) is 16.8 Å². The van der Waals surface area contributed by atoms with Crippen LogP contribution in [0.3, 0.4) is 0 Å². The zero-order chi connectivity index (χ0) is 29.9. The van der Waals surface area contributed by atoms with E-state index in [1.165, 1.54) is 0 Å². The highest BCUT2D eigenvalue weighted by Crippen LogP contribution is 2.11. The minimum Gasteiger partial charge on any atom is -0.459 e. The average Bonchev–Trinajstić information content (AvgIpc) is 2.71. The zero-order valence-electron chi connectivity index (χ0n) is 25.8. The van der Waals surface area contributed by atoms with E-state index in [0.29, 0.717) is 58.9 Å². The van der Waals surface area contributed by atoms with Gasteiger partial charge in [-0.1, -0.05) is 5.92 Å². The standard InChI is InChI=1S/C29H52N4O6/c1-11-12-30-13-15-31(21-24(34)37-27(2,3)4)17-19-33(23-26(36)39-29(8,9)10)20-18-32(16-14-30)22-25(35)38-28(5,6)7/h1H,12-23H2,2-10H3. The van der Waals surface area contributed by atoms with Crippen molar-refractivity contribution in [2.24, 2.45) is 0 Å². The van der Waals surface area contributed by atoms with Gasteiger partial charge in [0.05, 0.1) is 26.2 Å². The molecule has 1 aliphatic rings.